The van der Waals surface area contributed by atoms with E-state index in [0.717, 1.165) is 19.4 Å². The van der Waals surface area contributed by atoms with E-state index >= 15 is 0 Å². The van der Waals surface area contributed by atoms with Gasteiger partial charge in [-0.15, -0.1) is 0 Å². The Labute approximate surface area is 108 Å². The Balaban J connectivity index is 1.56. The summed E-state index contributed by atoms with van der Waals surface area (Å²) in [6.07, 6.45) is 5.32. The van der Waals surface area contributed by atoms with Gasteiger partial charge in [0.1, 0.15) is 0 Å². The zero-order valence-corrected chi connectivity index (χ0v) is 10.5. The lowest BCUT2D eigenvalue weighted by atomic mass is 10.1. The number of aromatic nitrogens is 1. The highest BCUT2D eigenvalue weighted by Crippen LogP contribution is 2.28. The van der Waals surface area contributed by atoms with Crippen molar-refractivity contribution in [2.24, 2.45) is 0 Å². The molecule has 1 aromatic heterocycles. The van der Waals surface area contributed by atoms with Crippen molar-refractivity contribution in [3.05, 3.63) is 65.5 Å². The van der Waals surface area contributed by atoms with Gasteiger partial charge in [0, 0.05) is 6.20 Å². The fourth-order valence-electron chi connectivity index (χ4n) is 2.65. The third-order valence-corrected chi connectivity index (χ3v) is 3.61. The maximum absolute atomic E-state index is 4.50. The Morgan fingerprint density at radius 3 is 2.89 bits per heavy atom. The highest BCUT2D eigenvalue weighted by atomic mass is 14.9. The molecule has 3 rings (SSSR count). The summed E-state index contributed by atoms with van der Waals surface area (Å²) in [7, 11) is 0. The largest absolute Gasteiger partial charge is 0.308 e. The first-order valence-electron chi connectivity index (χ1n) is 6.64. The summed E-state index contributed by atoms with van der Waals surface area (Å²) in [5.74, 6) is 0. The number of benzene rings is 1. The predicted octanol–water partition coefficient (Wildman–Crippen LogP) is 2.90. The van der Waals surface area contributed by atoms with Crippen molar-refractivity contribution < 1.29 is 0 Å². The molecule has 18 heavy (non-hydrogen) atoms. The summed E-state index contributed by atoms with van der Waals surface area (Å²) in [6.45, 7) is 1.02. The van der Waals surface area contributed by atoms with E-state index in [1.165, 1.54) is 23.2 Å². The monoisotopic (exact) mass is 238 g/mol. The van der Waals surface area contributed by atoms with Crippen LogP contribution in [0.3, 0.4) is 0 Å². The summed E-state index contributed by atoms with van der Waals surface area (Å²) in [5.41, 5.74) is 4.06. The molecule has 1 unspecified atom stereocenters. The molecule has 92 valence electrons. The molecule has 1 atom stereocenters. The van der Waals surface area contributed by atoms with E-state index in [0.29, 0.717) is 6.04 Å². The van der Waals surface area contributed by atoms with Crippen LogP contribution in [0.4, 0.5) is 0 Å². The first-order valence-corrected chi connectivity index (χ1v) is 6.64. The molecule has 2 heteroatoms. The van der Waals surface area contributed by atoms with E-state index in [9.17, 15) is 0 Å². The highest BCUT2D eigenvalue weighted by molar-refractivity contribution is 5.27. The number of nitrogens with zero attached hydrogens (tertiary/aromatic N) is 1. The van der Waals surface area contributed by atoms with Crippen LogP contribution in [0, 0.1) is 0 Å². The first-order chi connectivity index (χ1) is 8.93. The molecule has 0 spiro atoms. The minimum absolute atomic E-state index is 0.449. The fourth-order valence-corrected chi connectivity index (χ4v) is 2.65. The van der Waals surface area contributed by atoms with Crippen LogP contribution in [0.25, 0.3) is 0 Å². The normalized spacial score (nSPS) is 17.7. The number of rotatable bonds is 4. The van der Waals surface area contributed by atoms with E-state index in [1.54, 1.807) is 0 Å². The van der Waals surface area contributed by atoms with Crippen LogP contribution in [0.5, 0.6) is 0 Å². The number of pyridine rings is 1. The van der Waals surface area contributed by atoms with Crippen molar-refractivity contribution in [3.63, 3.8) is 0 Å². The number of fused-ring (bicyclic) bond motifs is 1. The van der Waals surface area contributed by atoms with E-state index in [-0.39, 0.29) is 0 Å². The Morgan fingerprint density at radius 2 is 2.00 bits per heavy atom. The summed E-state index contributed by atoms with van der Waals surface area (Å²) in [6, 6.07) is 15.3. The van der Waals surface area contributed by atoms with Gasteiger partial charge < -0.3 is 5.32 Å². The molecule has 0 amide bonds. The smallest absolute Gasteiger partial charge is 0.0605 e. The van der Waals surface area contributed by atoms with Gasteiger partial charge in [0.25, 0.3) is 0 Å². The van der Waals surface area contributed by atoms with Crippen molar-refractivity contribution in [1.29, 1.82) is 0 Å². The molecule has 0 bridgehead atoms. The average molecular weight is 238 g/mol. The molecule has 0 saturated heterocycles. The minimum Gasteiger partial charge on any atom is -0.308 e. The van der Waals surface area contributed by atoms with Crippen LogP contribution in [-0.2, 0) is 12.8 Å². The van der Waals surface area contributed by atoms with Gasteiger partial charge in [-0.25, -0.2) is 0 Å². The van der Waals surface area contributed by atoms with Gasteiger partial charge in [-0.2, -0.15) is 0 Å². The zero-order valence-electron chi connectivity index (χ0n) is 10.5. The van der Waals surface area contributed by atoms with Crippen molar-refractivity contribution in [3.8, 4) is 0 Å². The van der Waals surface area contributed by atoms with E-state index in [2.05, 4.69) is 46.7 Å². The molecule has 0 saturated carbocycles. The number of hydrogen-bond acceptors (Lipinski definition) is 2. The Morgan fingerprint density at radius 1 is 1.11 bits per heavy atom. The fraction of sp³-hybridized carbons (Fsp3) is 0.312. The SMILES string of the molecule is c1ccc(CCNC2CCc3cccnc32)cc1. The molecule has 0 aliphatic heterocycles. The van der Waals surface area contributed by atoms with Gasteiger partial charge in [-0.1, -0.05) is 36.4 Å². The third-order valence-electron chi connectivity index (χ3n) is 3.61. The van der Waals surface area contributed by atoms with Crippen LogP contribution in [0.2, 0.25) is 0 Å². The molecule has 1 heterocycles. The lowest BCUT2D eigenvalue weighted by Crippen LogP contribution is -2.22. The number of aryl methyl sites for hydroxylation is 1. The van der Waals surface area contributed by atoms with Gasteiger partial charge >= 0.3 is 0 Å². The lowest BCUT2D eigenvalue weighted by Gasteiger charge is -2.12. The Kier molecular flexibility index (Phi) is 3.37. The molecule has 2 nitrogen and oxygen atoms in total. The quantitative estimate of drug-likeness (QED) is 0.886. The second kappa shape index (κ2) is 5.32. The Bertz CT molecular complexity index is 508. The summed E-state index contributed by atoms with van der Waals surface area (Å²) >= 11 is 0. The van der Waals surface area contributed by atoms with Gasteiger partial charge in [0.15, 0.2) is 0 Å². The molecule has 0 fully saturated rings. The van der Waals surface area contributed by atoms with E-state index in [1.807, 2.05) is 12.3 Å². The van der Waals surface area contributed by atoms with Crippen molar-refractivity contribution >= 4 is 0 Å². The van der Waals surface area contributed by atoms with Gasteiger partial charge in [-0.05, 0) is 43.0 Å². The third kappa shape index (κ3) is 2.44. The average Bonchev–Trinajstić information content (AvgIpc) is 2.84. The van der Waals surface area contributed by atoms with Gasteiger partial charge in [-0.3, -0.25) is 4.98 Å². The molecule has 2 aromatic rings. The van der Waals surface area contributed by atoms with Crippen LogP contribution in [-0.4, -0.2) is 11.5 Å². The topological polar surface area (TPSA) is 24.9 Å². The van der Waals surface area contributed by atoms with Crippen LogP contribution < -0.4 is 5.32 Å². The molecular weight excluding hydrogens is 220 g/mol. The molecule has 1 N–H and O–H groups in total. The number of hydrogen-bond donors (Lipinski definition) is 1. The van der Waals surface area contributed by atoms with Gasteiger partial charge in [0.2, 0.25) is 0 Å². The van der Waals surface area contributed by atoms with E-state index in [4.69, 9.17) is 0 Å². The van der Waals surface area contributed by atoms with Crippen molar-refractivity contribution in [1.82, 2.24) is 10.3 Å². The second-order valence-corrected chi connectivity index (χ2v) is 4.83. The van der Waals surface area contributed by atoms with Crippen LogP contribution in [0.1, 0.15) is 29.3 Å². The predicted molar refractivity (Wildman–Crippen MR) is 73.4 cm³/mol. The number of nitrogens with one attached hydrogen (secondary N) is 1. The lowest BCUT2D eigenvalue weighted by molar-refractivity contribution is 0.525. The van der Waals surface area contributed by atoms with Gasteiger partial charge in [0.05, 0.1) is 11.7 Å². The van der Waals surface area contributed by atoms with Crippen LogP contribution in [0.15, 0.2) is 48.7 Å². The van der Waals surface area contributed by atoms with E-state index < -0.39 is 0 Å². The molecule has 0 radical (unpaired) electrons. The molecule has 1 aliphatic rings. The van der Waals surface area contributed by atoms with Crippen molar-refractivity contribution in [2.45, 2.75) is 25.3 Å². The first kappa shape index (κ1) is 11.4. The maximum Gasteiger partial charge on any atom is 0.0605 e. The molecule has 1 aliphatic carbocycles. The Hall–Kier alpha value is -1.67. The summed E-state index contributed by atoms with van der Waals surface area (Å²) in [4.78, 5) is 4.50. The minimum atomic E-state index is 0.449. The molecular formula is C16H18N2. The summed E-state index contributed by atoms with van der Waals surface area (Å²) in [5, 5.41) is 3.62. The highest BCUT2D eigenvalue weighted by Gasteiger charge is 2.22. The van der Waals surface area contributed by atoms with Crippen LogP contribution >= 0.6 is 0 Å². The second-order valence-electron chi connectivity index (χ2n) is 4.83. The van der Waals surface area contributed by atoms with Crippen molar-refractivity contribution in [2.75, 3.05) is 6.54 Å². The zero-order chi connectivity index (χ0) is 12.2. The standard InChI is InChI=1S/C16H18N2/c1-2-5-13(6-3-1)10-12-17-15-9-8-14-7-4-11-18-16(14)15/h1-7,11,15,17H,8-10,12H2. The summed E-state index contributed by atoms with van der Waals surface area (Å²) < 4.78 is 0. The maximum atomic E-state index is 4.50. The molecule has 1 aromatic carbocycles.